The van der Waals surface area contributed by atoms with E-state index in [1.165, 1.54) is 0 Å². The summed E-state index contributed by atoms with van der Waals surface area (Å²) in [6, 6.07) is 22.6. The van der Waals surface area contributed by atoms with E-state index in [0.29, 0.717) is 0 Å². The van der Waals surface area contributed by atoms with Crippen molar-refractivity contribution in [3.05, 3.63) is 88.0 Å². The number of benzene rings is 2. The fourth-order valence-corrected chi connectivity index (χ4v) is 3.05. The van der Waals surface area contributed by atoms with Gasteiger partial charge in [0.1, 0.15) is 0 Å². The molecule has 2 aromatic carbocycles. The van der Waals surface area contributed by atoms with Crippen molar-refractivity contribution < 1.29 is 0 Å². The summed E-state index contributed by atoms with van der Waals surface area (Å²) in [4.78, 5) is 0. The van der Waals surface area contributed by atoms with E-state index >= 15 is 0 Å². The van der Waals surface area contributed by atoms with Gasteiger partial charge in [-0.3, -0.25) is 0 Å². The van der Waals surface area contributed by atoms with Crippen LogP contribution in [0.2, 0.25) is 0 Å². The Labute approximate surface area is 132 Å². The van der Waals surface area contributed by atoms with Crippen LogP contribution in [0.1, 0.15) is 17.0 Å². The number of hydrogen-bond acceptors (Lipinski definition) is 2. The summed E-state index contributed by atoms with van der Waals surface area (Å²) >= 11 is 2.98. The van der Waals surface area contributed by atoms with E-state index in [2.05, 4.69) is 57.7 Å². The standard InChI is InChI=1S/C18H13N2Se/c19-12-16-15(13-7-3-1-4-8-13)11-17(20-18(16)21)14-9-5-2-6-10-14/h1-11,15,20H. The Morgan fingerprint density at radius 2 is 1.57 bits per heavy atom. The molecule has 1 N–H and O–H groups in total. The third-order valence-electron chi connectivity index (χ3n) is 3.50. The van der Waals surface area contributed by atoms with E-state index in [1.54, 1.807) is 0 Å². The molecular formula is C18H13N2Se. The number of hydrogen-bond donors (Lipinski definition) is 1. The Hall–Kier alpha value is -2.27. The third kappa shape index (κ3) is 2.78. The molecule has 0 aliphatic carbocycles. The number of nitriles is 1. The Kier molecular flexibility index (Phi) is 3.92. The third-order valence-corrected chi connectivity index (χ3v) is 4.18. The summed E-state index contributed by atoms with van der Waals surface area (Å²) in [6.45, 7) is 0. The molecule has 1 heterocycles. The van der Waals surface area contributed by atoms with Gasteiger partial charge >= 0.3 is 132 Å². The van der Waals surface area contributed by atoms with Crippen LogP contribution < -0.4 is 5.32 Å². The molecule has 0 fully saturated rings. The Balaban J connectivity index is 2.07. The quantitative estimate of drug-likeness (QED) is 0.854. The van der Waals surface area contributed by atoms with Crippen LogP contribution >= 0.6 is 0 Å². The zero-order chi connectivity index (χ0) is 14.7. The van der Waals surface area contributed by atoms with Gasteiger partial charge in [0.25, 0.3) is 0 Å². The molecule has 1 radical (unpaired) electrons. The molecule has 1 aliphatic rings. The molecule has 0 saturated heterocycles. The van der Waals surface area contributed by atoms with Gasteiger partial charge in [0, 0.05) is 0 Å². The predicted molar refractivity (Wildman–Crippen MR) is 85.1 cm³/mol. The van der Waals surface area contributed by atoms with Crippen molar-refractivity contribution in [1.82, 2.24) is 5.32 Å². The second-order valence-electron chi connectivity index (χ2n) is 4.81. The molecule has 2 aromatic rings. The number of dihydropyridines is 1. The van der Waals surface area contributed by atoms with E-state index in [1.807, 2.05) is 36.4 Å². The van der Waals surface area contributed by atoms with Crippen LogP contribution in [0.15, 0.2) is 76.9 Å². The van der Waals surface area contributed by atoms with Crippen molar-refractivity contribution in [2.45, 2.75) is 5.92 Å². The molecule has 3 heteroatoms. The molecule has 1 atom stereocenters. The number of allylic oxidation sites excluding steroid dienone is 2. The molecule has 3 rings (SSSR count). The summed E-state index contributed by atoms with van der Waals surface area (Å²) in [5.74, 6) is -0.0242. The fraction of sp³-hybridized carbons (Fsp3) is 0.0556. The molecule has 0 aromatic heterocycles. The van der Waals surface area contributed by atoms with Crippen LogP contribution in [0.3, 0.4) is 0 Å². The van der Waals surface area contributed by atoms with Gasteiger partial charge in [-0.2, -0.15) is 0 Å². The summed E-state index contributed by atoms with van der Waals surface area (Å²) in [6.07, 6.45) is 2.12. The zero-order valence-electron chi connectivity index (χ0n) is 11.3. The van der Waals surface area contributed by atoms with Gasteiger partial charge in [0.2, 0.25) is 0 Å². The Morgan fingerprint density at radius 3 is 2.19 bits per heavy atom. The maximum absolute atomic E-state index is 9.45. The first-order valence-corrected chi connectivity index (χ1v) is 7.55. The monoisotopic (exact) mass is 337 g/mol. The minimum absolute atomic E-state index is 0.0242. The van der Waals surface area contributed by atoms with Gasteiger partial charge in [0.05, 0.1) is 0 Å². The number of nitrogens with one attached hydrogen (secondary N) is 1. The molecule has 0 saturated carbocycles. The van der Waals surface area contributed by atoms with E-state index < -0.39 is 0 Å². The van der Waals surface area contributed by atoms with E-state index in [-0.39, 0.29) is 5.92 Å². The van der Waals surface area contributed by atoms with E-state index in [0.717, 1.165) is 27.0 Å². The van der Waals surface area contributed by atoms with Crippen LogP contribution in [0.25, 0.3) is 5.70 Å². The van der Waals surface area contributed by atoms with Gasteiger partial charge in [-0.1, -0.05) is 0 Å². The van der Waals surface area contributed by atoms with Crippen molar-refractivity contribution >= 4 is 21.7 Å². The summed E-state index contributed by atoms with van der Waals surface area (Å²) in [7, 11) is 0. The maximum atomic E-state index is 9.45. The van der Waals surface area contributed by atoms with Crippen molar-refractivity contribution in [3.8, 4) is 6.07 Å². The first-order chi connectivity index (χ1) is 10.3. The first kappa shape index (κ1) is 13.7. The van der Waals surface area contributed by atoms with Crippen molar-refractivity contribution in [3.63, 3.8) is 0 Å². The van der Waals surface area contributed by atoms with Crippen LogP contribution in [-0.4, -0.2) is 16.0 Å². The molecule has 1 unspecified atom stereocenters. The molecule has 2 nitrogen and oxygen atoms in total. The molecular weight excluding hydrogens is 323 g/mol. The SMILES string of the molecule is N#CC1=C([Se])NC(c2ccccc2)=CC1c1ccccc1. The fourth-order valence-electron chi connectivity index (χ4n) is 2.45. The van der Waals surface area contributed by atoms with Gasteiger partial charge in [-0.15, -0.1) is 0 Å². The molecule has 0 spiro atoms. The normalized spacial score (nSPS) is 17.7. The number of nitrogens with zero attached hydrogens (tertiary/aromatic N) is 1. The van der Waals surface area contributed by atoms with Crippen LogP contribution in [0, 0.1) is 11.3 Å². The van der Waals surface area contributed by atoms with Crippen LogP contribution in [0.4, 0.5) is 0 Å². The number of rotatable bonds is 2. The molecule has 0 amide bonds. The van der Waals surface area contributed by atoms with Gasteiger partial charge in [0.15, 0.2) is 0 Å². The van der Waals surface area contributed by atoms with Crippen molar-refractivity contribution in [2.75, 3.05) is 0 Å². The van der Waals surface area contributed by atoms with Gasteiger partial charge in [-0.05, 0) is 0 Å². The van der Waals surface area contributed by atoms with E-state index in [9.17, 15) is 5.26 Å². The Morgan fingerprint density at radius 1 is 0.952 bits per heavy atom. The molecule has 1 aliphatic heterocycles. The topological polar surface area (TPSA) is 35.8 Å². The van der Waals surface area contributed by atoms with Gasteiger partial charge < -0.3 is 0 Å². The minimum atomic E-state index is -0.0242. The molecule has 21 heavy (non-hydrogen) atoms. The molecule has 101 valence electrons. The summed E-state index contributed by atoms with van der Waals surface area (Å²) in [5.41, 5.74) is 3.98. The predicted octanol–water partition coefficient (Wildman–Crippen LogP) is 3.32. The first-order valence-electron chi connectivity index (χ1n) is 6.70. The average molecular weight is 336 g/mol. The second-order valence-corrected chi connectivity index (χ2v) is 5.67. The second kappa shape index (κ2) is 6.01. The molecule has 0 bridgehead atoms. The van der Waals surface area contributed by atoms with Crippen LogP contribution in [0.5, 0.6) is 0 Å². The Bertz CT molecular complexity index is 740. The summed E-state index contributed by atoms with van der Waals surface area (Å²) < 4.78 is 0.799. The zero-order valence-corrected chi connectivity index (χ0v) is 13.0. The van der Waals surface area contributed by atoms with Crippen molar-refractivity contribution in [2.24, 2.45) is 0 Å². The van der Waals surface area contributed by atoms with Gasteiger partial charge in [-0.25, -0.2) is 0 Å². The van der Waals surface area contributed by atoms with E-state index in [4.69, 9.17) is 0 Å². The summed E-state index contributed by atoms with van der Waals surface area (Å²) in [5, 5.41) is 12.7. The average Bonchev–Trinajstić information content (AvgIpc) is 2.55. The van der Waals surface area contributed by atoms with Crippen LogP contribution in [-0.2, 0) is 0 Å². The van der Waals surface area contributed by atoms with Crippen molar-refractivity contribution in [1.29, 1.82) is 5.26 Å².